The Labute approximate surface area is 747 Å². The van der Waals surface area contributed by atoms with Gasteiger partial charge >= 0.3 is 72.7 Å². The van der Waals surface area contributed by atoms with Crippen molar-refractivity contribution in [1.29, 1.82) is 0 Å². The molecule has 0 aliphatic carbocycles. The number of pyridine rings is 4. The average molecular weight is 1950 g/mol. The Bertz CT molecular complexity index is 3870. The number of ether oxygens (including phenoxy) is 9. The van der Waals surface area contributed by atoms with E-state index in [1.807, 2.05) is 67.5 Å². The maximum Gasteiger partial charge on any atom is 1.00 e. The quantitative estimate of drug-likeness (QED) is 0.0200. The summed E-state index contributed by atoms with van der Waals surface area (Å²) < 4.78 is 48.8. The summed E-state index contributed by atoms with van der Waals surface area (Å²) in [7, 11) is 6.53. The first-order chi connectivity index (χ1) is 54.6. The van der Waals surface area contributed by atoms with Crippen LogP contribution in [0.4, 0.5) is 4.79 Å². The van der Waals surface area contributed by atoms with Gasteiger partial charge in [-0.3, -0.25) is 38.5 Å². The molecule has 8 heterocycles. The maximum absolute atomic E-state index is 13.4. The van der Waals surface area contributed by atoms with E-state index in [4.69, 9.17) is 64.8 Å². The Balaban J connectivity index is 0.00000145. The second-order valence-electron chi connectivity index (χ2n) is 31.5. The summed E-state index contributed by atoms with van der Waals surface area (Å²) in [5, 5.41) is 40.4. The van der Waals surface area contributed by atoms with Gasteiger partial charge in [-0.05, 0) is 157 Å². The SMILES string of the molecule is CC.CC(C)(C)OC(=O)N1C[C@H](CO)C[C@H]1C(=O)O.COC(=O)C[C@H](C(=O)N1C[C@H](COc2ccnc(Br)c2)C[C@H]1C(=O)O)C(C)(C)C.COC(=O)C[C@H](C(=O)N1C[C@H](COc2ccnc(Br)c2)C[C@H]1C(=O)OC)C(C)(C)C.COC(=O)C[C@H](C(=O)O)C(C)(C)C.COC(=O)[C@@H]1C[C@@H](COc2ccnc(Br)c2)CN1.Clc1ccnc(Br)c1.[Li+].[OH-]. The van der Waals surface area contributed by atoms with Crippen LogP contribution in [0.5, 0.6) is 17.2 Å². The molecule has 0 unspecified atom stereocenters. The molecule has 11 atom stereocenters. The minimum absolute atomic E-state index is 0. The van der Waals surface area contributed by atoms with Crippen LogP contribution < -0.4 is 38.4 Å². The summed E-state index contributed by atoms with van der Waals surface area (Å²) in [6, 6.07) is 11.3. The van der Waals surface area contributed by atoms with Crippen LogP contribution >= 0.6 is 75.3 Å². The molecular weight excluding hydrogens is 1830 g/mol. The van der Waals surface area contributed by atoms with Gasteiger partial charge in [-0.1, -0.05) is 87.8 Å². The number of carbonyl (C=O) groups excluding carboxylic acids is 8. The third kappa shape index (κ3) is 40.5. The molecule has 8 rings (SSSR count). The van der Waals surface area contributed by atoms with Crippen molar-refractivity contribution < 1.29 is 140 Å². The molecule has 4 aliphatic heterocycles. The molecule has 33 nitrogen and oxygen atoms in total. The molecule has 119 heavy (non-hydrogen) atoms. The van der Waals surface area contributed by atoms with Crippen LogP contribution in [0.2, 0.25) is 5.02 Å². The molecule has 4 aromatic rings. The summed E-state index contributed by atoms with van der Waals surface area (Å²) in [4.78, 5) is 150. The molecule has 6 N–H and O–H groups in total. The smallest absolute Gasteiger partial charge is 0.870 e. The Morgan fingerprint density at radius 1 is 0.479 bits per heavy atom. The standard InChI is InChI=1S/C21H29BrN2O6.C20H27BrN2O6.C12H15BrN2O3.C11H19NO5.C9H16O4.C5H3BrClN.C2H6.Li.H2O/c1-21(2,3)15(10-18(25)28-4)19(26)24-11-13(8-16(24)20(27)29-5)12-30-14-6-7-23-17(22)9-14;1-20(2,3)14(9-17(24)28-4)18(25)23-10-12(7-15(23)19(26)27)11-29-13-5-6-22-16(21)8-13;1-17-12(16)10-4-8(6-15-10)7-18-9-2-3-14-11(13)5-9;1-11(2,3)17-10(16)12-5-7(6-13)4-8(12)9(14)15;1-9(2,3)6(8(11)12)5-7(10)13-4;6-5-3-4(7)1-2-8-5;1-2;;/h6-7,9,13,15-16H,8,10-12H2,1-5H3;5-6,8,12,14-15H,7,9-11H2,1-4H3,(H,26,27);2-3,5,8,10,15H,4,6-7H2,1H3;7-8,13H,4-6H2,1-3H3,(H,14,15);6H,5H2,1-4H3,(H,11,12);1-3H;1-2H3;;1H2/q;;;;;;;+1;/p-1/t13-,15-,16+;12-,14-,15+;8-,10+;7-,8+;6-;;;;/m11111..../s1. The van der Waals surface area contributed by atoms with Crippen molar-refractivity contribution in [1.82, 2.24) is 40.0 Å². The van der Waals surface area contributed by atoms with Crippen LogP contribution in [0.25, 0.3) is 0 Å². The normalized spacial score (nSPS) is 19.1. The second kappa shape index (κ2) is 54.2. The number of likely N-dealkylation sites (tertiary alicyclic amines) is 3. The minimum Gasteiger partial charge on any atom is -0.870 e. The van der Waals surface area contributed by atoms with Crippen molar-refractivity contribution in [3.63, 3.8) is 0 Å². The third-order valence-electron chi connectivity index (χ3n) is 18.4. The second-order valence-corrected chi connectivity index (χ2v) is 35.2. The van der Waals surface area contributed by atoms with Gasteiger partial charge in [-0.2, -0.15) is 0 Å². The number of carbonyl (C=O) groups is 11. The van der Waals surface area contributed by atoms with Crippen LogP contribution in [0.1, 0.15) is 142 Å². The molecule has 662 valence electrons. The first-order valence-corrected chi connectivity index (χ1v) is 41.1. The predicted octanol–water partition coefficient (Wildman–Crippen LogP) is 9.30. The number of hydrogen-bond donors (Lipinski definition) is 5. The molecule has 4 fully saturated rings. The summed E-state index contributed by atoms with van der Waals surface area (Å²) in [5.41, 5.74) is -2.09. The fourth-order valence-corrected chi connectivity index (χ4v) is 13.8. The van der Waals surface area contributed by atoms with E-state index in [9.17, 15) is 57.8 Å². The fraction of sp³-hybridized carbons (Fsp3) is 0.613. The van der Waals surface area contributed by atoms with Gasteiger partial charge in [0.15, 0.2) is 0 Å². The first kappa shape index (κ1) is 112. The molecule has 0 radical (unpaired) electrons. The zero-order chi connectivity index (χ0) is 89.0. The largest absolute Gasteiger partial charge is 1.00 e. The number of methoxy groups -OCH3 is 5. The predicted molar refractivity (Wildman–Crippen MR) is 447 cm³/mol. The van der Waals surface area contributed by atoms with Crippen molar-refractivity contribution in [2.75, 3.05) is 88.2 Å². The number of aromatic nitrogens is 4. The number of aliphatic hydroxyl groups excluding tert-OH is 1. The van der Waals surface area contributed by atoms with E-state index < -0.39 is 106 Å². The summed E-state index contributed by atoms with van der Waals surface area (Å²) >= 11 is 18.6. The summed E-state index contributed by atoms with van der Waals surface area (Å²) in [5.74, 6) is -5.79. The van der Waals surface area contributed by atoms with E-state index in [0.717, 1.165) is 27.9 Å². The van der Waals surface area contributed by atoms with Gasteiger partial charge in [-0.25, -0.2) is 39.1 Å². The van der Waals surface area contributed by atoms with Crippen LogP contribution in [-0.4, -0.2) is 244 Å². The molecule has 0 bridgehead atoms. The monoisotopic (exact) mass is 1950 g/mol. The molecular formula is C80H116Br4ClLiN8O25. The molecule has 4 aliphatic rings. The number of amides is 3. The van der Waals surface area contributed by atoms with Crippen molar-refractivity contribution in [2.45, 2.75) is 172 Å². The van der Waals surface area contributed by atoms with Crippen molar-refractivity contribution in [3.8, 4) is 17.2 Å². The van der Waals surface area contributed by atoms with Gasteiger partial charge in [0.1, 0.15) is 65.4 Å². The zero-order valence-electron chi connectivity index (χ0n) is 71.3. The zero-order valence-corrected chi connectivity index (χ0v) is 78.4. The average Bonchev–Trinajstić information content (AvgIpc) is 1.69. The number of rotatable bonds is 23. The molecule has 39 heteroatoms. The fourth-order valence-electron chi connectivity index (χ4n) is 12.1. The van der Waals surface area contributed by atoms with Crippen LogP contribution in [0.3, 0.4) is 0 Å². The Morgan fingerprint density at radius 3 is 1.13 bits per heavy atom. The van der Waals surface area contributed by atoms with Gasteiger partial charge in [0.05, 0.1) is 92.4 Å². The molecule has 4 saturated heterocycles. The Morgan fingerprint density at radius 2 is 0.815 bits per heavy atom. The number of halogens is 5. The Hall–Kier alpha value is -7.34. The van der Waals surface area contributed by atoms with E-state index in [1.54, 1.807) is 103 Å². The number of carboxylic acids is 3. The maximum atomic E-state index is 13.4. The van der Waals surface area contributed by atoms with Crippen LogP contribution in [0.15, 0.2) is 91.7 Å². The van der Waals surface area contributed by atoms with Gasteiger partial charge in [0, 0.05) is 104 Å². The van der Waals surface area contributed by atoms with Gasteiger partial charge in [-0.15, -0.1) is 0 Å². The van der Waals surface area contributed by atoms with E-state index in [1.165, 1.54) is 50.2 Å². The molecule has 0 saturated carbocycles. The van der Waals surface area contributed by atoms with Gasteiger partial charge in [0.25, 0.3) is 0 Å². The summed E-state index contributed by atoms with van der Waals surface area (Å²) in [6.07, 6.45) is 7.45. The van der Waals surface area contributed by atoms with Crippen LogP contribution in [-0.2, 0) is 76.4 Å². The van der Waals surface area contributed by atoms with Crippen molar-refractivity contribution in [3.05, 3.63) is 96.8 Å². The molecule has 0 aromatic carbocycles. The van der Waals surface area contributed by atoms with Crippen molar-refractivity contribution >= 4 is 141 Å². The van der Waals surface area contributed by atoms with Gasteiger partial charge in [0.2, 0.25) is 11.8 Å². The number of nitrogens with zero attached hydrogens (tertiary/aromatic N) is 7. The number of hydrogen-bond acceptors (Lipinski definition) is 27. The van der Waals surface area contributed by atoms with Crippen LogP contribution in [0, 0.1) is 57.7 Å². The van der Waals surface area contributed by atoms with E-state index in [-0.39, 0.29) is 118 Å². The first-order valence-electron chi connectivity index (χ1n) is 37.6. The topological polar surface area (TPSA) is 455 Å². The Kier molecular flexibility index (Phi) is 50.9. The van der Waals surface area contributed by atoms with E-state index in [2.05, 4.69) is 93.7 Å². The van der Waals surface area contributed by atoms with E-state index >= 15 is 0 Å². The number of aliphatic hydroxyl groups is 1. The molecule has 0 spiro atoms. The van der Waals surface area contributed by atoms with Gasteiger partial charge < -0.3 is 83.7 Å². The van der Waals surface area contributed by atoms with E-state index in [0.29, 0.717) is 64.2 Å². The third-order valence-corrected chi connectivity index (χ3v) is 20.4. The molecule has 3 amide bonds. The molecule has 4 aromatic heterocycles. The number of aliphatic carboxylic acids is 3. The number of carboxylic acid groups (broad SMARTS) is 3. The van der Waals surface area contributed by atoms with Crippen molar-refractivity contribution in [2.24, 2.45) is 57.7 Å². The summed E-state index contributed by atoms with van der Waals surface area (Å²) in [6.45, 7) is 28.4. The minimum atomic E-state index is -1.06. The number of nitrogens with one attached hydrogen (secondary N) is 1. The number of esters is 5.